The Morgan fingerprint density at radius 3 is 2.44 bits per heavy atom. The molecule has 0 saturated carbocycles. The number of nitrogens with two attached hydrogens (primary N) is 1. The number of unbranched alkanes of at least 4 members (excludes halogenated alkanes) is 5. The van der Waals surface area contributed by atoms with Crippen molar-refractivity contribution in [3.8, 4) is 0 Å². The minimum absolute atomic E-state index is 0.0793. The number of carbonyl (C=O) groups is 1. The fraction of sp³-hybridized carbons (Fsp3) is 0.556. The predicted molar refractivity (Wildman–Crippen MR) is 133 cm³/mol. The topological polar surface area (TPSA) is 84.9 Å². The summed E-state index contributed by atoms with van der Waals surface area (Å²) in [4.78, 5) is 17.6. The van der Waals surface area contributed by atoms with E-state index in [1.54, 1.807) is 12.1 Å². The van der Waals surface area contributed by atoms with Gasteiger partial charge in [-0.1, -0.05) is 78.0 Å². The second kappa shape index (κ2) is 12.7. The molecule has 5 nitrogen and oxygen atoms in total. The Kier molecular flexibility index (Phi) is 10.3. The normalized spacial score (nSPS) is 16.8. The molecule has 0 fully saturated rings. The molecule has 0 amide bonds. The van der Waals surface area contributed by atoms with Crippen LogP contribution in [0.15, 0.2) is 52.6 Å². The minimum Gasteiger partial charge on any atom is -0.397 e. The Labute approximate surface area is 193 Å². The number of para-hydroxylation sites is 2. The van der Waals surface area contributed by atoms with Gasteiger partial charge in [0.2, 0.25) is 5.78 Å². The number of hydrogen-bond acceptors (Lipinski definition) is 5. The number of hydrogen-bond donors (Lipinski definition) is 2. The summed E-state index contributed by atoms with van der Waals surface area (Å²) in [6.45, 7) is 8.85. The van der Waals surface area contributed by atoms with Crippen molar-refractivity contribution in [1.82, 2.24) is 0 Å². The van der Waals surface area contributed by atoms with E-state index in [0.29, 0.717) is 42.1 Å². The lowest BCUT2D eigenvalue weighted by atomic mass is 9.78. The molecule has 32 heavy (non-hydrogen) atoms. The first kappa shape index (κ1) is 26.0. The zero-order chi connectivity index (χ0) is 23.6. The number of allylic oxidation sites excluding steroid dienone is 4. The largest absolute Gasteiger partial charge is 0.397 e. The van der Waals surface area contributed by atoms with E-state index in [1.165, 1.54) is 25.7 Å². The van der Waals surface area contributed by atoms with Crippen LogP contribution in [0.25, 0.3) is 0 Å². The molecule has 0 aromatic heterocycles. The molecule has 1 aliphatic carbocycles. The number of aliphatic imine (C=N–C) groups is 1. The van der Waals surface area contributed by atoms with Crippen LogP contribution in [0.2, 0.25) is 0 Å². The average Bonchev–Trinajstić information content (AvgIpc) is 2.74. The Balaban J connectivity index is 2.01. The molecule has 1 aromatic carbocycles. The molecule has 0 saturated heterocycles. The number of anilines is 1. The lowest BCUT2D eigenvalue weighted by Crippen LogP contribution is -2.27. The summed E-state index contributed by atoms with van der Waals surface area (Å²) >= 11 is 0. The van der Waals surface area contributed by atoms with Gasteiger partial charge >= 0.3 is 0 Å². The predicted octanol–water partition coefficient (Wildman–Crippen LogP) is 6.30. The standard InChI is InChI=1S/C27H40N2O3/c1-5-6-7-8-9-12-17-32-25(30)16-15-20-18-21(27(2,3)4)26(31)24(19-20)29-23-14-11-10-13-22(23)28/h10-11,13-14,18-19,25,30H,5-9,12,15-17,28H2,1-4H3. The maximum absolute atomic E-state index is 13.1. The summed E-state index contributed by atoms with van der Waals surface area (Å²) in [5, 5.41) is 10.3. The van der Waals surface area contributed by atoms with Gasteiger partial charge < -0.3 is 15.6 Å². The van der Waals surface area contributed by atoms with Crippen molar-refractivity contribution in [1.29, 1.82) is 0 Å². The highest BCUT2D eigenvalue weighted by molar-refractivity contribution is 6.51. The van der Waals surface area contributed by atoms with Crippen molar-refractivity contribution < 1.29 is 14.6 Å². The van der Waals surface area contributed by atoms with Crippen molar-refractivity contribution in [3.05, 3.63) is 47.6 Å². The number of aliphatic hydroxyl groups excluding tert-OH is 1. The van der Waals surface area contributed by atoms with Crippen LogP contribution >= 0.6 is 0 Å². The Morgan fingerprint density at radius 2 is 1.75 bits per heavy atom. The summed E-state index contributed by atoms with van der Waals surface area (Å²) in [7, 11) is 0. The maximum atomic E-state index is 13.1. The number of rotatable bonds is 12. The fourth-order valence-electron chi connectivity index (χ4n) is 3.65. The summed E-state index contributed by atoms with van der Waals surface area (Å²) in [5.41, 5.74) is 8.89. The monoisotopic (exact) mass is 440 g/mol. The van der Waals surface area contributed by atoms with E-state index in [-0.39, 0.29) is 11.2 Å². The lowest BCUT2D eigenvalue weighted by molar-refractivity contribution is -0.110. The summed E-state index contributed by atoms with van der Waals surface area (Å²) in [6, 6.07) is 7.27. The quantitative estimate of drug-likeness (QED) is 0.173. The number of carbonyl (C=O) groups excluding carboxylic acids is 1. The Bertz CT molecular complexity index is 847. The van der Waals surface area contributed by atoms with Gasteiger partial charge in [-0.15, -0.1) is 0 Å². The van der Waals surface area contributed by atoms with Gasteiger partial charge in [0.25, 0.3) is 0 Å². The third-order valence-corrected chi connectivity index (χ3v) is 5.60. The van der Waals surface area contributed by atoms with E-state index in [2.05, 4.69) is 11.9 Å². The first-order valence-electron chi connectivity index (χ1n) is 11.9. The molecule has 0 spiro atoms. The van der Waals surface area contributed by atoms with Crippen molar-refractivity contribution in [2.75, 3.05) is 12.3 Å². The summed E-state index contributed by atoms with van der Waals surface area (Å²) < 4.78 is 5.59. The molecular formula is C27H40N2O3. The minimum atomic E-state index is -0.805. The van der Waals surface area contributed by atoms with Gasteiger partial charge in [-0.05, 0) is 42.0 Å². The van der Waals surface area contributed by atoms with Gasteiger partial charge in [0.15, 0.2) is 6.29 Å². The maximum Gasteiger partial charge on any atom is 0.207 e. The second-order valence-corrected chi connectivity index (χ2v) is 9.54. The molecular weight excluding hydrogens is 400 g/mol. The van der Waals surface area contributed by atoms with E-state index in [4.69, 9.17) is 10.5 Å². The number of ether oxygens (including phenoxy) is 1. The second-order valence-electron chi connectivity index (χ2n) is 9.54. The van der Waals surface area contributed by atoms with Crippen LogP contribution in [0, 0.1) is 5.41 Å². The number of ketones is 1. The van der Waals surface area contributed by atoms with E-state index in [9.17, 15) is 9.90 Å². The van der Waals surface area contributed by atoms with Crippen LogP contribution < -0.4 is 5.73 Å². The molecule has 0 heterocycles. The highest BCUT2D eigenvalue weighted by Crippen LogP contribution is 2.33. The van der Waals surface area contributed by atoms with Crippen LogP contribution in [0.1, 0.15) is 79.1 Å². The number of benzene rings is 1. The van der Waals surface area contributed by atoms with E-state index < -0.39 is 6.29 Å². The number of nitrogens with zero attached hydrogens (tertiary/aromatic N) is 1. The first-order valence-corrected chi connectivity index (χ1v) is 11.9. The van der Waals surface area contributed by atoms with Gasteiger partial charge in [-0.2, -0.15) is 0 Å². The molecule has 1 atom stereocenters. The molecule has 1 unspecified atom stereocenters. The average molecular weight is 441 g/mol. The Hall–Kier alpha value is -2.24. The molecule has 1 aliphatic rings. The van der Waals surface area contributed by atoms with Crippen LogP contribution in [0.5, 0.6) is 0 Å². The van der Waals surface area contributed by atoms with Crippen LogP contribution in [0.3, 0.4) is 0 Å². The smallest absolute Gasteiger partial charge is 0.207 e. The highest BCUT2D eigenvalue weighted by atomic mass is 16.6. The van der Waals surface area contributed by atoms with Crippen molar-refractivity contribution >= 4 is 22.9 Å². The molecule has 5 heteroatoms. The molecule has 0 aliphatic heterocycles. The van der Waals surface area contributed by atoms with Gasteiger partial charge in [-0.3, -0.25) is 4.79 Å². The number of Topliss-reactive ketones (excluding diaryl/α,β-unsaturated/α-hetero) is 1. The third-order valence-electron chi connectivity index (χ3n) is 5.60. The zero-order valence-corrected chi connectivity index (χ0v) is 20.2. The van der Waals surface area contributed by atoms with Crippen molar-refractivity contribution in [3.63, 3.8) is 0 Å². The van der Waals surface area contributed by atoms with Gasteiger partial charge in [0.1, 0.15) is 5.71 Å². The molecule has 3 N–H and O–H groups in total. The van der Waals surface area contributed by atoms with Crippen molar-refractivity contribution in [2.45, 2.75) is 85.4 Å². The third kappa shape index (κ3) is 8.36. The van der Waals surface area contributed by atoms with Crippen LogP contribution in [0.4, 0.5) is 11.4 Å². The molecule has 0 radical (unpaired) electrons. The van der Waals surface area contributed by atoms with Crippen LogP contribution in [-0.2, 0) is 9.53 Å². The van der Waals surface area contributed by atoms with E-state index in [0.717, 1.165) is 18.4 Å². The summed E-state index contributed by atoms with van der Waals surface area (Å²) in [6.07, 6.45) is 11.2. The van der Waals surface area contributed by atoms with Gasteiger partial charge in [0, 0.05) is 18.6 Å². The zero-order valence-electron chi connectivity index (χ0n) is 20.2. The SMILES string of the molecule is CCCCCCCCOC(O)CCC1=CC(=Nc2ccccc2N)C(=O)C(C(C)(C)C)=C1. The lowest BCUT2D eigenvalue weighted by Gasteiger charge is -2.25. The first-order chi connectivity index (χ1) is 15.2. The molecule has 2 rings (SSSR count). The number of nitrogen functional groups attached to an aromatic ring is 1. The molecule has 1 aromatic rings. The summed E-state index contributed by atoms with van der Waals surface area (Å²) in [5.74, 6) is -0.0793. The molecule has 0 bridgehead atoms. The van der Waals surface area contributed by atoms with Gasteiger partial charge in [0.05, 0.1) is 11.4 Å². The Morgan fingerprint density at radius 1 is 1.06 bits per heavy atom. The van der Waals surface area contributed by atoms with E-state index >= 15 is 0 Å². The van der Waals surface area contributed by atoms with Crippen molar-refractivity contribution in [2.24, 2.45) is 10.4 Å². The number of aliphatic hydroxyl groups is 1. The fourth-order valence-corrected chi connectivity index (χ4v) is 3.65. The molecule has 176 valence electrons. The van der Waals surface area contributed by atoms with E-state index in [1.807, 2.05) is 45.1 Å². The highest BCUT2D eigenvalue weighted by Gasteiger charge is 2.29. The van der Waals surface area contributed by atoms with Gasteiger partial charge in [-0.25, -0.2) is 4.99 Å². The van der Waals surface area contributed by atoms with Crippen LogP contribution in [-0.4, -0.2) is 29.5 Å².